The summed E-state index contributed by atoms with van der Waals surface area (Å²) in [6.07, 6.45) is 0. The van der Waals surface area contributed by atoms with E-state index in [9.17, 15) is 110 Å². The van der Waals surface area contributed by atoms with Crippen LogP contribution in [0.25, 0.3) is 0 Å². The van der Waals surface area contributed by atoms with E-state index >= 15 is 0 Å². The van der Waals surface area contributed by atoms with E-state index in [2.05, 4.69) is 63.1 Å². The van der Waals surface area contributed by atoms with E-state index < -0.39 is 170 Å². The van der Waals surface area contributed by atoms with E-state index in [-0.39, 0.29) is 23.5 Å². The van der Waals surface area contributed by atoms with Crippen molar-refractivity contribution in [3.63, 3.8) is 0 Å². The number of rotatable bonds is 0. The molecule has 65 heavy (non-hydrogen) atoms. The molecular formula is C30H10F30S5. The van der Waals surface area contributed by atoms with Crippen LogP contribution in [0.3, 0.4) is 0 Å². The average Bonchev–Trinajstić information content (AvgIpc) is 3.24. The molecule has 0 heterocycles. The minimum absolute atomic E-state index is 0. The first-order chi connectivity index (χ1) is 27.3. The van der Waals surface area contributed by atoms with E-state index in [0.717, 1.165) is 0 Å². The molecule has 0 saturated heterocycles. The van der Waals surface area contributed by atoms with Crippen LogP contribution in [0.4, 0.5) is 133 Å². The standard InChI is InChI=1S/5C6HF5S.5FH/c5*7-1-2(8)4(10)6(12)5(11)3(1)9;;;;;/h5*12H;5*1H. The highest BCUT2D eigenvalue weighted by Crippen LogP contribution is 2.29. The molecule has 0 aliphatic rings. The molecule has 0 unspecified atom stereocenters. The van der Waals surface area contributed by atoms with Gasteiger partial charge in [-0.1, -0.05) is 0 Å². The lowest BCUT2D eigenvalue weighted by Gasteiger charge is -2.01. The summed E-state index contributed by atoms with van der Waals surface area (Å²) in [6.45, 7) is 0. The lowest BCUT2D eigenvalue weighted by Crippen LogP contribution is -2.01. The SMILES string of the molecule is F.F.F.F.F.Fc1c(F)c(F)c(S)c(F)c1F.Fc1c(F)c(F)c(S)c(F)c1F.Fc1c(F)c(F)c(S)c(F)c1F.Fc1c(F)c(F)c(S)c(F)c1F.Fc1c(F)c(F)c(S)c(F)c1F. The minimum Gasteiger partial charge on any atom is -0.269 e. The van der Waals surface area contributed by atoms with Crippen LogP contribution in [0.1, 0.15) is 0 Å². The molecule has 5 aromatic rings. The Balaban J connectivity index is -0.000000226. The normalized spacial score (nSPS) is 9.69. The lowest BCUT2D eigenvalue weighted by molar-refractivity contribution is 0.361. The lowest BCUT2D eigenvalue weighted by atomic mass is 10.3. The van der Waals surface area contributed by atoms with Crippen molar-refractivity contribution in [3.05, 3.63) is 145 Å². The number of benzene rings is 5. The van der Waals surface area contributed by atoms with Gasteiger partial charge in [0.15, 0.2) is 116 Å². The van der Waals surface area contributed by atoms with Crippen LogP contribution in [-0.4, -0.2) is 0 Å². The summed E-state index contributed by atoms with van der Waals surface area (Å²) in [5.74, 6) is -50.0. The van der Waals surface area contributed by atoms with Crippen LogP contribution in [-0.2, 0) is 0 Å². The Morgan fingerprint density at radius 2 is 0.169 bits per heavy atom. The molecule has 0 radical (unpaired) electrons. The van der Waals surface area contributed by atoms with E-state index in [1.807, 2.05) is 0 Å². The highest BCUT2D eigenvalue weighted by atomic mass is 32.1. The molecule has 0 saturated carbocycles. The third kappa shape index (κ3) is 14.9. The molecule has 5 aromatic carbocycles. The fourth-order valence-corrected chi connectivity index (χ4v) is 3.95. The summed E-state index contributed by atoms with van der Waals surface area (Å²) in [5, 5.41) is 0. The fraction of sp³-hybridized carbons (Fsp3) is 0. The van der Waals surface area contributed by atoms with Gasteiger partial charge < -0.3 is 0 Å². The molecule has 5 rings (SSSR count). The summed E-state index contributed by atoms with van der Waals surface area (Å²) in [7, 11) is 0. The Labute approximate surface area is 365 Å². The molecule has 0 spiro atoms. The second kappa shape index (κ2) is 28.0. The molecule has 0 N–H and O–H groups in total. The quantitative estimate of drug-likeness (QED) is 0.0434. The molecule has 0 atom stereocenters. The van der Waals surface area contributed by atoms with E-state index in [4.69, 9.17) is 0 Å². The van der Waals surface area contributed by atoms with Crippen molar-refractivity contribution < 1.29 is 133 Å². The van der Waals surface area contributed by atoms with Gasteiger partial charge in [0.25, 0.3) is 0 Å². The van der Waals surface area contributed by atoms with Crippen LogP contribution < -0.4 is 0 Å². The minimum atomic E-state index is -2.18. The Bertz CT molecular complexity index is 1550. The van der Waals surface area contributed by atoms with Gasteiger partial charge >= 0.3 is 0 Å². The highest BCUT2D eigenvalue weighted by molar-refractivity contribution is 7.81. The molecule has 0 fully saturated rings. The van der Waals surface area contributed by atoms with Gasteiger partial charge in [-0.3, -0.25) is 23.5 Å². The van der Waals surface area contributed by atoms with Crippen LogP contribution in [0, 0.1) is 145 Å². The van der Waals surface area contributed by atoms with Crippen molar-refractivity contribution >= 4 is 63.1 Å². The van der Waals surface area contributed by atoms with Crippen molar-refractivity contribution in [2.75, 3.05) is 0 Å². The zero-order valence-corrected chi connectivity index (χ0v) is 33.2. The van der Waals surface area contributed by atoms with Gasteiger partial charge in [-0.05, 0) is 0 Å². The van der Waals surface area contributed by atoms with Crippen molar-refractivity contribution in [1.82, 2.24) is 0 Å². The maximum atomic E-state index is 12.3. The van der Waals surface area contributed by atoms with Gasteiger partial charge in [-0.15, -0.1) is 63.1 Å². The Hall–Kier alpha value is -4.25. The highest BCUT2D eigenvalue weighted by Gasteiger charge is 2.27. The molecule has 0 amide bonds. The first-order valence-corrected chi connectivity index (χ1v) is 15.6. The smallest absolute Gasteiger partial charge is 0.200 e. The second-order valence-corrected chi connectivity index (χ2v) is 11.8. The fourth-order valence-electron chi connectivity index (χ4n) is 2.97. The summed E-state index contributed by atoms with van der Waals surface area (Å²) >= 11 is 15.5. The van der Waals surface area contributed by atoms with Crippen LogP contribution in [0.2, 0.25) is 0 Å². The topological polar surface area (TPSA) is 0 Å². The van der Waals surface area contributed by atoms with Crippen molar-refractivity contribution in [2.24, 2.45) is 0 Å². The molecule has 0 aliphatic heterocycles. The Morgan fingerprint density at radius 3 is 0.231 bits per heavy atom. The number of hydrogen-bond donors (Lipinski definition) is 5. The molecule has 35 heteroatoms. The van der Waals surface area contributed by atoms with Crippen molar-refractivity contribution in [1.29, 1.82) is 0 Å². The summed E-state index contributed by atoms with van der Waals surface area (Å²) in [5.41, 5.74) is 0. The molecule has 0 bridgehead atoms. The van der Waals surface area contributed by atoms with Crippen LogP contribution >= 0.6 is 63.1 Å². The Morgan fingerprint density at radius 1 is 0.123 bits per heavy atom. The van der Waals surface area contributed by atoms with Gasteiger partial charge in [-0.2, -0.15) is 0 Å². The molecule has 0 nitrogen and oxygen atoms in total. The van der Waals surface area contributed by atoms with Crippen molar-refractivity contribution in [3.8, 4) is 0 Å². The third-order valence-electron chi connectivity index (χ3n) is 5.93. The monoisotopic (exact) mass is 1100 g/mol. The van der Waals surface area contributed by atoms with Crippen LogP contribution in [0.15, 0.2) is 24.5 Å². The van der Waals surface area contributed by atoms with Gasteiger partial charge in [0.1, 0.15) is 0 Å². The van der Waals surface area contributed by atoms with Crippen LogP contribution in [0.5, 0.6) is 0 Å². The zero-order chi connectivity index (χ0) is 47.3. The third-order valence-corrected chi connectivity index (χ3v) is 7.90. The van der Waals surface area contributed by atoms with E-state index in [0.29, 0.717) is 0 Å². The number of thiol groups is 5. The zero-order valence-electron chi connectivity index (χ0n) is 28.7. The average molecular weight is 1100 g/mol. The van der Waals surface area contributed by atoms with Crippen molar-refractivity contribution in [2.45, 2.75) is 24.5 Å². The number of halogens is 30. The maximum absolute atomic E-state index is 12.3. The summed E-state index contributed by atoms with van der Waals surface area (Å²) in [4.78, 5) is -5.87. The molecule has 370 valence electrons. The van der Waals surface area contributed by atoms with Gasteiger partial charge in [0.2, 0.25) is 29.1 Å². The van der Waals surface area contributed by atoms with Gasteiger partial charge in [-0.25, -0.2) is 110 Å². The molecule has 0 aliphatic carbocycles. The molecular weight excluding hydrogens is 1090 g/mol. The summed E-state index contributed by atoms with van der Waals surface area (Å²) in [6, 6.07) is 0. The van der Waals surface area contributed by atoms with Gasteiger partial charge in [0, 0.05) is 0 Å². The second-order valence-electron chi connectivity index (χ2n) is 9.59. The Kier molecular flexibility index (Phi) is 30.1. The van der Waals surface area contributed by atoms with E-state index in [1.165, 1.54) is 0 Å². The first kappa shape index (κ1) is 69.8. The predicted octanol–water partition coefficient (Wildman–Crippen LogP) is 14.1. The first-order valence-electron chi connectivity index (χ1n) is 13.3. The molecule has 0 aromatic heterocycles. The van der Waals surface area contributed by atoms with Gasteiger partial charge in [0.05, 0.1) is 24.5 Å². The largest absolute Gasteiger partial charge is 0.269 e. The summed E-state index contributed by atoms with van der Waals surface area (Å²) < 4.78 is 306. The maximum Gasteiger partial charge on any atom is 0.200 e. The predicted molar refractivity (Wildman–Crippen MR) is 180 cm³/mol. The van der Waals surface area contributed by atoms with E-state index in [1.54, 1.807) is 0 Å². The number of hydrogen-bond acceptors (Lipinski definition) is 5.